The second-order valence-corrected chi connectivity index (χ2v) is 9.23. The van der Waals surface area contributed by atoms with Gasteiger partial charge in [0, 0.05) is 38.1 Å². The minimum Gasteiger partial charge on any atom is -0.376 e. The highest BCUT2D eigenvalue weighted by Crippen LogP contribution is 2.26. The largest absolute Gasteiger partial charge is 0.376 e. The van der Waals surface area contributed by atoms with Crippen molar-refractivity contribution in [3.8, 4) is 0 Å². The van der Waals surface area contributed by atoms with Crippen molar-refractivity contribution in [3.63, 3.8) is 0 Å². The van der Waals surface area contributed by atoms with Crippen molar-refractivity contribution in [3.05, 3.63) is 22.4 Å². The van der Waals surface area contributed by atoms with E-state index in [1.165, 1.54) is 43.8 Å². The fourth-order valence-electron chi connectivity index (χ4n) is 4.42. The Morgan fingerprint density at radius 3 is 2.73 bits per heavy atom. The van der Waals surface area contributed by atoms with Gasteiger partial charge in [0.15, 0.2) is 5.96 Å². The molecule has 3 rings (SSSR count). The van der Waals surface area contributed by atoms with E-state index in [0.29, 0.717) is 12.1 Å². The van der Waals surface area contributed by atoms with E-state index in [9.17, 15) is 0 Å². The summed E-state index contributed by atoms with van der Waals surface area (Å²) in [7, 11) is 1.87. The van der Waals surface area contributed by atoms with Crippen LogP contribution >= 0.6 is 35.3 Å². The molecule has 2 unspecified atom stereocenters. The third kappa shape index (κ3) is 7.93. The summed E-state index contributed by atoms with van der Waals surface area (Å²) < 4.78 is 5.75. The first-order chi connectivity index (χ1) is 14.2. The van der Waals surface area contributed by atoms with Crippen molar-refractivity contribution in [2.45, 2.75) is 45.3 Å². The number of morpholine rings is 1. The van der Waals surface area contributed by atoms with Gasteiger partial charge in [-0.25, -0.2) is 0 Å². The lowest BCUT2D eigenvalue weighted by Crippen LogP contribution is -2.48. The molecule has 6 nitrogen and oxygen atoms in total. The predicted molar refractivity (Wildman–Crippen MR) is 138 cm³/mol. The van der Waals surface area contributed by atoms with Crippen LogP contribution in [0.15, 0.2) is 22.5 Å². The summed E-state index contributed by atoms with van der Waals surface area (Å²) in [6, 6.07) is 4.75. The lowest BCUT2D eigenvalue weighted by atomic mass is 9.93. The van der Waals surface area contributed by atoms with Crippen LogP contribution < -0.4 is 10.6 Å². The summed E-state index contributed by atoms with van der Waals surface area (Å²) >= 11 is 1.84. The molecule has 2 aliphatic heterocycles. The van der Waals surface area contributed by atoms with E-state index in [0.717, 1.165) is 44.7 Å². The number of ether oxygens (including phenoxy) is 1. The summed E-state index contributed by atoms with van der Waals surface area (Å²) in [5.74, 6) is 1.76. The lowest BCUT2D eigenvalue weighted by Gasteiger charge is -2.37. The van der Waals surface area contributed by atoms with Gasteiger partial charge in [0.2, 0.25) is 0 Å². The van der Waals surface area contributed by atoms with Gasteiger partial charge in [0.05, 0.1) is 18.8 Å². The zero-order valence-corrected chi connectivity index (χ0v) is 22.0. The number of hydrogen-bond acceptors (Lipinski definition) is 5. The molecule has 0 aliphatic carbocycles. The van der Waals surface area contributed by atoms with Crippen LogP contribution in [0.1, 0.15) is 44.0 Å². The monoisotopic (exact) mass is 549 g/mol. The van der Waals surface area contributed by atoms with Crippen molar-refractivity contribution in [1.29, 1.82) is 0 Å². The van der Waals surface area contributed by atoms with Gasteiger partial charge < -0.3 is 20.3 Å². The zero-order valence-electron chi connectivity index (χ0n) is 18.8. The van der Waals surface area contributed by atoms with Gasteiger partial charge in [0.25, 0.3) is 0 Å². The third-order valence-corrected chi connectivity index (χ3v) is 7.24. The van der Waals surface area contributed by atoms with Crippen LogP contribution in [0.25, 0.3) is 0 Å². The molecule has 2 saturated heterocycles. The molecular weight excluding hydrogens is 509 g/mol. The van der Waals surface area contributed by atoms with E-state index in [-0.39, 0.29) is 24.0 Å². The number of halogens is 1. The Labute approximate surface area is 203 Å². The molecule has 30 heavy (non-hydrogen) atoms. The second-order valence-electron chi connectivity index (χ2n) is 8.25. The standard InChI is InChI=1S/C22H39N5OS.HI/c1-4-26-11-8-19(9-12-26)7-10-24-22(23-3)25-16-20(21-6-5-15-29-21)27-13-14-28-18(2)17-27;/h5-6,15,18-20H,4,7-14,16-17H2,1-3H3,(H2,23,24,25);1H. The number of likely N-dealkylation sites (tertiary alicyclic amines) is 1. The van der Waals surface area contributed by atoms with Gasteiger partial charge >= 0.3 is 0 Å². The molecule has 1 aromatic heterocycles. The van der Waals surface area contributed by atoms with Crippen molar-refractivity contribution >= 4 is 41.3 Å². The summed E-state index contributed by atoms with van der Waals surface area (Å²) in [6.45, 7) is 12.8. The van der Waals surface area contributed by atoms with E-state index >= 15 is 0 Å². The smallest absolute Gasteiger partial charge is 0.191 e. The minimum absolute atomic E-state index is 0. The zero-order chi connectivity index (χ0) is 20.5. The SMILES string of the molecule is CCN1CCC(CCNC(=NC)NCC(c2cccs2)N2CCOC(C)C2)CC1.I. The van der Waals surface area contributed by atoms with Gasteiger partial charge in [-0.3, -0.25) is 9.89 Å². The van der Waals surface area contributed by atoms with E-state index < -0.39 is 0 Å². The van der Waals surface area contributed by atoms with Crippen molar-refractivity contribution in [2.24, 2.45) is 10.9 Å². The predicted octanol–water partition coefficient (Wildman–Crippen LogP) is 3.41. The Hall–Kier alpha value is -0.420. The van der Waals surface area contributed by atoms with Crippen LogP contribution in [0.5, 0.6) is 0 Å². The summed E-state index contributed by atoms with van der Waals surface area (Å²) in [5.41, 5.74) is 0. The van der Waals surface area contributed by atoms with Crippen LogP contribution in [0.3, 0.4) is 0 Å². The molecule has 1 aromatic rings. The molecule has 0 aromatic carbocycles. The van der Waals surface area contributed by atoms with Crippen molar-refractivity contribution < 1.29 is 4.74 Å². The fourth-order valence-corrected chi connectivity index (χ4v) is 5.28. The molecule has 3 heterocycles. The molecule has 172 valence electrons. The Morgan fingerprint density at radius 1 is 1.30 bits per heavy atom. The highest BCUT2D eigenvalue weighted by molar-refractivity contribution is 14.0. The van der Waals surface area contributed by atoms with Crippen LogP contribution in [0, 0.1) is 5.92 Å². The Bertz CT molecular complexity index is 607. The summed E-state index contributed by atoms with van der Waals surface area (Å²) in [6.07, 6.45) is 4.19. The quantitative estimate of drug-likeness (QED) is 0.296. The average Bonchev–Trinajstić information content (AvgIpc) is 3.27. The number of thiophene rings is 1. The van der Waals surface area contributed by atoms with Crippen molar-refractivity contribution in [2.75, 3.05) is 59.5 Å². The van der Waals surface area contributed by atoms with E-state index in [1.807, 2.05) is 18.4 Å². The summed E-state index contributed by atoms with van der Waals surface area (Å²) in [5, 5.41) is 9.29. The molecule has 2 atom stereocenters. The van der Waals surface area contributed by atoms with Crippen LogP contribution in [0.4, 0.5) is 0 Å². The number of nitrogens with one attached hydrogen (secondary N) is 2. The maximum absolute atomic E-state index is 5.75. The number of guanidine groups is 1. The first-order valence-corrected chi connectivity index (χ1v) is 12.1. The highest BCUT2D eigenvalue weighted by atomic mass is 127. The van der Waals surface area contributed by atoms with Crippen LogP contribution in [0.2, 0.25) is 0 Å². The maximum Gasteiger partial charge on any atom is 0.191 e. The fraction of sp³-hybridized carbons (Fsp3) is 0.773. The van der Waals surface area contributed by atoms with E-state index in [2.05, 4.69) is 56.8 Å². The van der Waals surface area contributed by atoms with Gasteiger partial charge in [0.1, 0.15) is 0 Å². The van der Waals surface area contributed by atoms with Crippen LogP contribution in [-0.4, -0.2) is 81.3 Å². The molecule has 8 heteroatoms. The molecule has 0 radical (unpaired) electrons. The van der Waals surface area contributed by atoms with Gasteiger partial charge in [-0.1, -0.05) is 13.0 Å². The molecule has 2 fully saturated rings. The average molecular weight is 550 g/mol. The summed E-state index contributed by atoms with van der Waals surface area (Å²) in [4.78, 5) is 11.0. The molecule has 0 spiro atoms. The Morgan fingerprint density at radius 2 is 2.10 bits per heavy atom. The van der Waals surface area contributed by atoms with E-state index in [4.69, 9.17) is 4.74 Å². The number of rotatable bonds is 8. The van der Waals surface area contributed by atoms with Gasteiger partial charge in [-0.2, -0.15) is 0 Å². The third-order valence-electron chi connectivity index (χ3n) is 6.27. The lowest BCUT2D eigenvalue weighted by molar-refractivity contribution is -0.0334. The molecule has 2 aliphatic rings. The van der Waals surface area contributed by atoms with Crippen molar-refractivity contribution in [1.82, 2.24) is 20.4 Å². The minimum atomic E-state index is 0. The van der Waals surface area contributed by atoms with Gasteiger partial charge in [-0.05, 0) is 63.2 Å². The first-order valence-electron chi connectivity index (χ1n) is 11.3. The maximum atomic E-state index is 5.75. The van der Waals surface area contributed by atoms with Crippen LogP contribution in [-0.2, 0) is 4.74 Å². The molecule has 0 bridgehead atoms. The normalized spacial score (nSPS) is 23.0. The van der Waals surface area contributed by atoms with E-state index in [1.54, 1.807) is 0 Å². The second kappa shape index (κ2) is 13.9. The highest BCUT2D eigenvalue weighted by Gasteiger charge is 2.26. The number of aliphatic imine (C=N–C) groups is 1. The molecule has 2 N–H and O–H groups in total. The number of hydrogen-bond donors (Lipinski definition) is 2. The molecular formula is C22H40IN5OS. The van der Waals surface area contributed by atoms with Gasteiger partial charge in [-0.15, -0.1) is 35.3 Å². The molecule has 0 amide bonds. The number of nitrogens with zero attached hydrogens (tertiary/aromatic N) is 3. The Kier molecular flexibility index (Phi) is 12.0. The molecule has 0 saturated carbocycles. The number of piperidine rings is 1. The topological polar surface area (TPSA) is 52.1 Å². The first kappa shape index (κ1) is 25.8. The Balaban J connectivity index is 0.00000320.